The molecule has 0 aromatic rings. The van der Waals surface area contributed by atoms with Crippen molar-refractivity contribution in [3.8, 4) is 0 Å². The molecular formula is C14H22O4. The van der Waals surface area contributed by atoms with Crippen LogP contribution >= 0.6 is 0 Å². The Morgan fingerprint density at radius 2 is 1.67 bits per heavy atom. The summed E-state index contributed by atoms with van der Waals surface area (Å²) in [7, 11) is 1.48. The zero-order valence-corrected chi connectivity index (χ0v) is 11.1. The van der Waals surface area contributed by atoms with Gasteiger partial charge in [-0.15, -0.1) is 0 Å². The van der Waals surface area contributed by atoms with Gasteiger partial charge in [0.15, 0.2) is 0 Å². The summed E-state index contributed by atoms with van der Waals surface area (Å²) in [6.45, 7) is 2.44. The van der Waals surface area contributed by atoms with Crippen LogP contribution in [0.25, 0.3) is 0 Å². The minimum absolute atomic E-state index is 0.0151. The third kappa shape index (κ3) is 1.48. The molecule has 3 fully saturated rings. The topological polar surface area (TPSA) is 44.8 Å². The standard InChI is InChI=1S/C14H22O4/c1-16-12(15)14(9-18-10-14)13(7-17-8-13)11-5-3-2-4-6-11/h11H,2-10H2,1H3. The van der Waals surface area contributed by atoms with Crippen molar-refractivity contribution < 1.29 is 19.0 Å². The first kappa shape index (κ1) is 12.4. The molecule has 18 heavy (non-hydrogen) atoms. The van der Waals surface area contributed by atoms with E-state index < -0.39 is 5.41 Å². The second-order valence-corrected chi connectivity index (χ2v) is 6.05. The Labute approximate surface area is 108 Å². The first-order valence-electron chi connectivity index (χ1n) is 6.99. The highest BCUT2D eigenvalue weighted by Crippen LogP contribution is 2.58. The molecule has 2 saturated heterocycles. The third-order valence-corrected chi connectivity index (χ3v) is 5.33. The Balaban J connectivity index is 1.87. The van der Waals surface area contributed by atoms with Gasteiger partial charge in [-0.25, -0.2) is 0 Å². The summed E-state index contributed by atoms with van der Waals surface area (Å²) in [4.78, 5) is 12.2. The van der Waals surface area contributed by atoms with Crippen molar-refractivity contribution in [2.24, 2.45) is 16.7 Å². The Bertz CT molecular complexity index is 325. The summed E-state index contributed by atoms with van der Waals surface area (Å²) in [6, 6.07) is 0. The smallest absolute Gasteiger partial charge is 0.317 e. The van der Waals surface area contributed by atoms with Crippen LogP contribution in [-0.4, -0.2) is 39.5 Å². The summed E-state index contributed by atoms with van der Waals surface area (Å²) in [6.07, 6.45) is 6.34. The molecule has 3 rings (SSSR count). The molecule has 0 amide bonds. The maximum Gasteiger partial charge on any atom is 0.317 e. The van der Waals surface area contributed by atoms with Gasteiger partial charge < -0.3 is 14.2 Å². The van der Waals surface area contributed by atoms with E-state index in [1.807, 2.05) is 0 Å². The van der Waals surface area contributed by atoms with Crippen molar-refractivity contribution in [1.82, 2.24) is 0 Å². The number of hydrogen-bond acceptors (Lipinski definition) is 4. The molecule has 3 aliphatic rings. The molecule has 0 aromatic carbocycles. The van der Waals surface area contributed by atoms with Gasteiger partial charge in [-0.3, -0.25) is 4.79 Å². The maximum absolute atomic E-state index is 12.2. The van der Waals surface area contributed by atoms with Crippen LogP contribution in [-0.2, 0) is 19.0 Å². The van der Waals surface area contributed by atoms with E-state index in [1.54, 1.807) is 0 Å². The molecule has 0 atom stereocenters. The van der Waals surface area contributed by atoms with Gasteiger partial charge in [-0.2, -0.15) is 0 Å². The summed E-state index contributed by atoms with van der Waals surface area (Å²) in [5.74, 6) is 0.505. The summed E-state index contributed by atoms with van der Waals surface area (Å²) >= 11 is 0. The van der Waals surface area contributed by atoms with Crippen molar-refractivity contribution >= 4 is 5.97 Å². The quantitative estimate of drug-likeness (QED) is 0.720. The number of esters is 1. The van der Waals surface area contributed by atoms with E-state index >= 15 is 0 Å². The number of carbonyl (C=O) groups excluding carboxylic acids is 1. The normalized spacial score (nSPS) is 30.1. The van der Waals surface area contributed by atoms with Crippen LogP contribution in [0.4, 0.5) is 0 Å². The fourth-order valence-electron chi connectivity index (χ4n) is 3.99. The Kier molecular flexibility index (Phi) is 3.10. The van der Waals surface area contributed by atoms with Crippen LogP contribution in [0, 0.1) is 16.7 Å². The zero-order valence-electron chi connectivity index (χ0n) is 11.1. The monoisotopic (exact) mass is 254 g/mol. The lowest BCUT2D eigenvalue weighted by Crippen LogP contribution is -2.70. The van der Waals surface area contributed by atoms with Gasteiger partial charge in [0, 0.05) is 5.41 Å². The van der Waals surface area contributed by atoms with Crippen LogP contribution in [0.2, 0.25) is 0 Å². The van der Waals surface area contributed by atoms with Crippen LogP contribution in [0.1, 0.15) is 32.1 Å². The minimum atomic E-state index is -0.429. The molecule has 0 N–H and O–H groups in total. The van der Waals surface area contributed by atoms with E-state index in [4.69, 9.17) is 14.2 Å². The predicted octanol–water partition coefficient (Wildman–Crippen LogP) is 1.77. The van der Waals surface area contributed by atoms with Gasteiger partial charge in [-0.05, 0) is 18.8 Å². The van der Waals surface area contributed by atoms with E-state index in [0.717, 1.165) is 0 Å². The number of carbonyl (C=O) groups is 1. The molecular weight excluding hydrogens is 232 g/mol. The van der Waals surface area contributed by atoms with Crippen molar-refractivity contribution in [2.45, 2.75) is 32.1 Å². The van der Waals surface area contributed by atoms with E-state index in [2.05, 4.69) is 0 Å². The first-order chi connectivity index (χ1) is 8.75. The van der Waals surface area contributed by atoms with Crippen LogP contribution in [0.5, 0.6) is 0 Å². The third-order valence-electron chi connectivity index (χ3n) is 5.33. The molecule has 2 aliphatic heterocycles. The molecule has 1 saturated carbocycles. The molecule has 0 spiro atoms. The minimum Gasteiger partial charge on any atom is -0.468 e. The SMILES string of the molecule is COC(=O)C1(C2(C3CCCCC3)COC2)COC1. The largest absolute Gasteiger partial charge is 0.468 e. The molecule has 1 aliphatic carbocycles. The molecule has 0 bridgehead atoms. The molecule has 102 valence electrons. The second-order valence-electron chi connectivity index (χ2n) is 6.05. The predicted molar refractivity (Wildman–Crippen MR) is 65.1 cm³/mol. The first-order valence-corrected chi connectivity index (χ1v) is 6.99. The van der Waals surface area contributed by atoms with Crippen molar-refractivity contribution in [2.75, 3.05) is 33.5 Å². The van der Waals surface area contributed by atoms with Gasteiger partial charge in [0.1, 0.15) is 5.41 Å². The summed E-state index contributed by atoms with van der Waals surface area (Å²) < 4.78 is 15.9. The molecule has 0 radical (unpaired) electrons. The average Bonchev–Trinajstić information content (AvgIpc) is 2.31. The van der Waals surface area contributed by atoms with E-state index in [0.29, 0.717) is 32.3 Å². The Hall–Kier alpha value is -0.610. The lowest BCUT2D eigenvalue weighted by atomic mass is 9.52. The summed E-state index contributed by atoms with van der Waals surface area (Å²) in [5, 5.41) is 0. The zero-order chi connectivity index (χ0) is 12.6. The number of hydrogen-bond donors (Lipinski definition) is 0. The van der Waals surface area contributed by atoms with E-state index in [9.17, 15) is 4.79 Å². The van der Waals surface area contributed by atoms with Gasteiger partial charge in [-0.1, -0.05) is 19.3 Å². The second kappa shape index (κ2) is 4.49. The van der Waals surface area contributed by atoms with Crippen molar-refractivity contribution in [3.05, 3.63) is 0 Å². The average molecular weight is 254 g/mol. The van der Waals surface area contributed by atoms with Gasteiger partial charge in [0.05, 0.1) is 33.5 Å². The summed E-state index contributed by atoms with van der Waals surface area (Å²) in [5.41, 5.74) is -0.444. The fourth-order valence-corrected chi connectivity index (χ4v) is 3.99. The Morgan fingerprint density at radius 3 is 2.06 bits per heavy atom. The lowest BCUT2D eigenvalue weighted by Gasteiger charge is -2.61. The highest BCUT2D eigenvalue weighted by Gasteiger charge is 2.67. The maximum atomic E-state index is 12.2. The van der Waals surface area contributed by atoms with Crippen LogP contribution in [0.15, 0.2) is 0 Å². The molecule has 4 nitrogen and oxygen atoms in total. The van der Waals surface area contributed by atoms with Crippen LogP contribution < -0.4 is 0 Å². The molecule has 0 unspecified atom stereocenters. The van der Waals surface area contributed by atoms with Crippen molar-refractivity contribution in [1.29, 1.82) is 0 Å². The van der Waals surface area contributed by atoms with E-state index in [-0.39, 0.29) is 11.4 Å². The van der Waals surface area contributed by atoms with Gasteiger partial charge >= 0.3 is 5.97 Å². The number of methoxy groups -OCH3 is 1. The van der Waals surface area contributed by atoms with E-state index in [1.165, 1.54) is 39.2 Å². The van der Waals surface area contributed by atoms with Crippen molar-refractivity contribution in [3.63, 3.8) is 0 Å². The number of rotatable bonds is 3. The highest BCUT2D eigenvalue weighted by atomic mass is 16.6. The van der Waals surface area contributed by atoms with Gasteiger partial charge in [0.25, 0.3) is 0 Å². The van der Waals surface area contributed by atoms with Gasteiger partial charge in [0.2, 0.25) is 0 Å². The number of ether oxygens (including phenoxy) is 3. The molecule has 2 heterocycles. The fraction of sp³-hybridized carbons (Fsp3) is 0.929. The highest BCUT2D eigenvalue weighted by molar-refractivity contribution is 5.79. The Morgan fingerprint density at radius 1 is 1.06 bits per heavy atom. The molecule has 0 aromatic heterocycles. The molecule has 4 heteroatoms. The van der Waals surface area contributed by atoms with Crippen LogP contribution in [0.3, 0.4) is 0 Å². The lowest BCUT2D eigenvalue weighted by molar-refractivity contribution is -0.288.